The number of oxazole rings is 1. The van der Waals surface area contributed by atoms with E-state index in [1.807, 2.05) is 4.90 Å². The third-order valence-corrected chi connectivity index (χ3v) is 6.21. The zero-order valence-corrected chi connectivity index (χ0v) is 20.5. The second-order valence-electron chi connectivity index (χ2n) is 8.93. The van der Waals surface area contributed by atoms with Crippen molar-refractivity contribution in [2.45, 2.75) is 37.7 Å². The van der Waals surface area contributed by atoms with Crippen LogP contribution in [0.4, 0.5) is 37.8 Å². The average Bonchev–Trinajstić information content (AvgIpc) is 3.35. The highest BCUT2D eigenvalue weighted by Crippen LogP contribution is 2.35. The minimum Gasteiger partial charge on any atom is -0.431 e. The van der Waals surface area contributed by atoms with Gasteiger partial charge in [0.15, 0.2) is 5.69 Å². The molecular weight excluding hydrogens is 532 g/mol. The van der Waals surface area contributed by atoms with E-state index in [0.29, 0.717) is 31.7 Å². The Labute approximate surface area is 218 Å². The number of hydrogen-bond donors (Lipinski definition) is 1. The minimum absolute atomic E-state index is 0.119. The van der Waals surface area contributed by atoms with Crippen molar-refractivity contribution < 1.29 is 40.3 Å². The maximum Gasteiger partial charge on any atom is 0.452 e. The van der Waals surface area contributed by atoms with Crippen molar-refractivity contribution in [3.05, 3.63) is 60.1 Å². The molecule has 3 heterocycles. The number of hydrogen-bond acceptors (Lipinski definition) is 6. The van der Waals surface area contributed by atoms with Gasteiger partial charge in [-0.3, -0.25) is 9.59 Å². The van der Waals surface area contributed by atoms with Crippen LogP contribution in [0.1, 0.15) is 35.5 Å². The molecule has 3 aromatic rings. The summed E-state index contributed by atoms with van der Waals surface area (Å²) in [5, 5.41) is 2.34. The molecule has 0 spiro atoms. The van der Waals surface area contributed by atoms with Gasteiger partial charge in [-0.15, -0.1) is 0 Å². The number of rotatable bonds is 6. The van der Waals surface area contributed by atoms with Gasteiger partial charge in [0.25, 0.3) is 5.91 Å². The molecule has 0 aliphatic carbocycles. The number of amides is 2. The van der Waals surface area contributed by atoms with Crippen molar-refractivity contribution in [1.82, 2.24) is 14.9 Å². The summed E-state index contributed by atoms with van der Waals surface area (Å²) < 4.78 is 83.0. The number of nitrogens with one attached hydrogen (secondary N) is 1. The third-order valence-electron chi connectivity index (χ3n) is 6.21. The smallest absolute Gasteiger partial charge is 0.431 e. The number of anilines is 2. The van der Waals surface area contributed by atoms with Crippen LogP contribution in [0.15, 0.2) is 53.1 Å². The summed E-state index contributed by atoms with van der Waals surface area (Å²) in [7, 11) is 1.35. The molecule has 0 radical (unpaired) electrons. The maximum atomic E-state index is 13.5. The molecule has 2 aromatic heterocycles. The lowest BCUT2D eigenvalue weighted by molar-refractivity contribution is -0.162. The van der Waals surface area contributed by atoms with Crippen LogP contribution in [-0.2, 0) is 11.0 Å². The summed E-state index contributed by atoms with van der Waals surface area (Å²) in [5.41, 5.74) is -0.530. The first-order valence-electron chi connectivity index (χ1n) is 11.8. The predicted octanol–water partition coefficient (Wildman–Crippen LogP) is 5.39. The van der Waals surface area contributed by atoms with E-state index in [4.69, 9.17) is 4.42 Å². The van der Waals surface area contributed by atoms with Gasteiger partial charge in [0.2, 0.25) is 17.6 Å². The first kappa shape index (κ1) is 27.9. The Balaban J connectivity index is 1.39. The van der Waals surface area contributed by atoms with E-state index in [-0.39, 0.29) is 23.2 Å². The summed E-state index contributed by atoms with van der Waals surface area (Å²) in [5.74, 6) is -3.49. The molecule has 1 N–H and O–H groups in total. The molecule has 0 unspecified atom stereocenters. The van der Waals surface area contributed by atoms with Gasteiger partial charge in [0, 0.05) is 31.7 Å². The largest absolute Gasteiger partial charge is 0.452 e. The second kappa shape index (κ2) is 10.9. The number of aromatic nitrogens is 2. The number of nitrogens with zero attached hydrogens (tertiary/aromatic N) is 4. The highest BCUT2D eigenvalue weighted by Gasteiger charge is 2.42. The van der Waals surface area contributed by atoms with E-state index in [9.17, 15) is 35.9 Å². The summed E-state index contributed by atoms with van der Waals surface area (Å²) in [4.78, 5) is 35.5. The van der Waals surface area contributed by atoms with Crippen molar-refractivity contribution in [1.29, 1.82) is 0 Å². The summed E-state index contributed by atoms with van der Waals surface area (Å²) in [6.45, 7) is 0.840. The third kappa shape index (κ3) is 6.86. The van der Waals surface area contributed by atoms with Crippen LogP contribution in [0.2, 0.25) is 0 Å². The monoisotopic (exact) mass is 555 g/mol. The van der Waals surface area contributed by atoms with Gasteiger partial charge in [-0.2, -0.15) is 26.3 Å². The van der Waals surface area contributed by atoms with Gasteiger partial charge in [-0.1, -0.05) is 18.2 Å². The van der Waals surface area contributed by atoms with Crippen molar-refractivity contribution in [2.75, 3.05) is 30.4 Å². The van der Waals surface area contributed by atoms with Crippen molar-refractivity contribution >= 4 is 23.3 Å². The van der Waals surface area contributed by atoms with Crippen LogP contribution >= 0.6 is 0 Å². The first-order valence-corrected chi connectivity index (χ1v) is 11.8. The van der Waals surface area contributed by atoms with Crippen LogP contribution in [0, 0.1) is 0 Å². The Hall–Kier alpha value is -4.10. The fraction of sp³-hybridized carbons (Fsp3) is 0.360. The second-order valence-corrected chi connectivity index (χ2v) is 8.93. The molecule has 0 saturated carbocycles. The van der Waals surface area contributed by atoms with E-state index in [1.165, 1.54) is 31.4 Å². The zero-order valence-electron chi connectivity index (χ0n) is 20.5. The van der Waals surface area contributed by atoms with Crippen LogP contribution in [0.5, 0.6) is 0 Å². The lowest BCUT2D eigenvalue weighted by Gasteiger charge is -2.37. The standard InChI is InChI=1S/C25H23F6N5O3/c1-35(19(37)13-24(26,27)28)17-9-11-36(12-10-17)18-8-7-16(14-32-18)33-22(38)20-21(25(29,30)31)39-23(34-20)15-5-3-2-4-6-15/h2-8,14,17H,9-13H2,1H3,(H,33,38). The van der Waals surface area contributed by atoms with Crippen molar-refractivity contribution in [3.8, 4) is 11.5 Å². The number of halogens is 6. The zero-order chi connectivity index (χ0) is 28.4. The summed E-state index contributed by atoms with van der Waals surface area (Å²) in [6.07, 6.45) is -8.91. The van der Waals surface area contributed by atoms with Crippen LogP contribution < -0.4 is 10.2 Å². The molecule has 1 aliphatic heterocycles. The van der Waals surface area contributed by atoms with Crippen LogP contribution in [-0.4, -0.2) is 59.0 Å². The Bertz CT molecular complexity index is 1300. The molecule has 1 aliphatic rings. The molecule has 1 fully saturated rings. The van der Waals surface area contributed by atoms with Crippen LogP contribution in [0.25, 0.3) is 11.5 Å². The molecule has 14 heteroatoms. The van der Waals surface area contributed by atoms with Gasteiger partial charge in [-0.25, -0.2) is 9.97 Å². The Morgan fingerprint density at radius 1 is 1.05 bits per heavy atom. The minimum atomic E-state index is -4.95. The van der Waals surface area contributed by atoms with E-state index >= 15 is 0 Å². The van der Waals surface area contributed by atoms with Gasteiger partial charge < -0.3 is 19.5 Å². The summed E-state index contributed by atoms with van der Waals surface area (Å²) >= 11 is 0. The quantitative estimate of drug-likeness (QED) is 0.411. The van der Waals surface area contributed by atoms with Crippen molar-refractivity contribution in [2.24, 2.45) is 0 Å². The molecular formula is C25H23F6N5O3. The molecule has 2 amide bonds. The van der Waals surface area contributed by atoms with E-state index in [2.05, 4.69) is 15.3 Å². The predicted molar refractivity (Wildman–Crippen MR) is 128 cm³/mol. The number of carbonyl (C=O) groups excluding carboxylic acids is 2. The van der Waals surface area contributed by atoms with E-state index in [1.54, 1.807) is 24.3 Å². The number of piperidine rings is 1. The maximum absolute atomic E-state index is 13.5. The van der Waals surface area contributed by atoms with E-state index in [0.717, 1.165) is 4.90 Å². The molecule has 0 atom stereocenters. The van der Waals surface area contributed by atoms with Crippen LogP contribution in [0.3, 0.4) is 0 Å². The molecule has 1 aromatic carbocycles. The SMILES string of the molecule is CN(C(=O)CC(F)(F)F)C1CCN(c2ccc(NC(=O)c3nc(-c4ccccc4)oc3C(F)(F)F)cn2)CC1. The number of alkyl halides is 6. The Morgan fingerprint density at radius 2 is 1.72 bits per heavy atom. The van der Waals surface area contributed by atoms with Gasteiger partial charge in [-0.05, 0) is 37.1 Å². The highest BCUT2D eigenvalue weighted by atomic mass is 19.4. The number of benzene rings is 1. The fourth-order valence-corrected chi connectivity index (χ4v) is 4.19. The lowest BCUT2D eigenvalue weighted by atomic mass is 10.0. The average molecular weight is 555 g/mol. The van der Waals surface area contributed by atoms with Gasteiger partial charge in [0.1, 0.15) is 12.2 Å². The Kier molecular flexibility index (Phi) is 7.84. The molecule has 39 heavy (non-hydrogen) atoms. The normalized spacial score (nSPS) is 14.8. The summed E-state index contributed by atoms with van der Waals surface area (Å²) in [6, 6.07) is 10.5. The van der Waals surface area contributed by atoms with E-state index < -0.39 is 42.0 Å². The fourth-order valence-electron chi connectivity index (χ4n) is 4.19. The molecule has 1 saturated heterocycles. The lowest BCUT2D eigenvalue weighted by Crippen LogP contribution is -2.46. The number of carbonyl (C=O) groups is 2. The molecule has 208 valence electrons. The van der Waals surface area contributed by atoms with Gasteiger partial charge in [0.05, 0.1) is 11.9 Å². The first-order chi connectivity index (χ1) is 18.3. The Morgan fingerprint density at radius 3 is 2.28 bits per heavy atom. The molecule has 0 bridgehead atoms. The molecule has 8 nitrogen and oxygen atoms in total. The molecule has 4 rings (SSSR count). The topological polar surface area (TPSA) is 91.6 Å². The number of pyridine rings is 1. The van der Waals surface area contributed by atoms with Gasteiger partial charge >= 0.3 is 12.4 Å². The highest BCUT2D eigenvalue weighted by molar-refractivity contribution is 6.04. The van der Waals surface area contributed by atoms with Crippen molar-refractivity contribution in [3.63, 3.8) is 0 Å².